The van der Waals surface area contributed by atoms with Gasteiger partial charge in [0.15, 0.2) is 16.6 Å². The van der Waals surface area contributed by atoms with Gasteiger partial charge in [0.1, 0.15) is 0 Å². The lowest BCUT2D eigenvalue weighted by Crippen LogP contribution is -2.20. The molecule has 27 heavy (non-hydrogen) atoms. The molecule has 1 aromatic heterocycles. The largest absolute Gasteiger partial charge is 0.493 e. The molecule has 0 aliphatic carbocycles. The van der Waals surface area contributed by atoms with E-state index in [2.05, 4.69) is 31.8 Å². The van der Waals surface area contributed by atoms with Crippen molar-refractivity contribution in [2.24, 2.45) is 0 Å². The van der Waals surface area contributed by atoms with Gasteiger partial charge in [-0.15, -0.1) is 11.3 Å². The maximum atomic E-state index is 5.38. The summed E-state index contributed by atoms with van der Waals surface area (Å²) in [5.41, 5.74) is 9.30. The van der Waals surface area contributed by atoms with E-state index in [-0.39, 0.29) is 0 Å². The summed E-state index contributed by atoms with van der Waals surface area (Å²) in [4.78, 5) is 4.60. The topological polar surface area (TPSA) is 64.6 Å². The molecule has 0 unspecified atom stereocenters. The number of nitrogens with one attached hydrogen (secondary N) is 2. The molecule has 0 bridgehead atoms. The molecule has 0 fully saturated rings. The number of hydrazine groups is 1. The van der Waals surface area contributed by atoms with Crippen LogP contribution in [0.1, 0.15) is 5.56 Å². The first-order valence-electron chi connectivity index (χ1n) is 8.13. The van der Waals surface area contributed by atoms with E-state index in [1.807, 2.05) is 41.8 Å². The second kappa shape index (κ2) is 9.07. The molecule has 0 amide bonds. The van der Waals surface area contributed by atoms with Crippen molar-refractivity contribution >= 4 is 32.4 Å². The number of thiazole rings is 1. The number of benzene rings is 2. The van der Waals surface area contributed by atoms with Crippen molar-refractivity contribution in [1.29, 1.82) is 0 Å². The van der Waals surface area contributed by atoms with Crippen LogP contribution in [0.25, 0.3) is 11.3 Å². The van der Waals surface area contributed by atoms with Crippen molar-refractivity contribution in [2.45, 2.75) is 6.54 Å². The number of rotatable bonds is 8. The molecule has 2 aromatic carbocycles. The third kappa shape index (κ3) is 4.71. The van der Waals surface area contributed by atoms with Gasteiger partial charge in [-0.3, -0.25) is 5.43 Å². The van der Waals surface area contributed by atoms with Crippen LogP contribution in [0.5, 0.6) is 17.2 Å². The standard InChI is InChI=1S/C19H20BrN3O3S/c1-24-16-8-12(9-17(25-2)18(16)26-3)10-21-23-19-22-15(11-27-19)13-4-6-14(20)7-5-13/h4-9,11,21H,10H2,1-3H3,(H,22,23). The molecule has 8 heteroatoms. The minimum absolute atomic E-state index is 0.559. The third-order valence-electron chi connectivity index (χ3n) is 3.86. The minimum atomic E-state index is 0.559. The maximum absolute atomic E-state index is 5.38. The number of hydrogen-bond acceptors (Lipinski definition) is 7. The van der Waals surface area contributed by atoms with Crippen LogP contribution in [0.2, 0.25) is 0 Å². The number of aromatic nitrogens is 1. The average molecular weight is 450 g/mol. The van der Waals surface area contributed by atoms with Gasteiger partial charge in [0, 0.05) is 22.0 Å². The molecular weight excluding hydrogens is 430 g/mol. The van der Waals surface area contributed by atoms with Crippen LogP contribution < -0.4 is 25.1 Å². The predicted molar refractivity (Wildman–Crippen MR) is 112 cm³/mol. The number of anilines is 1. The second-order valence-corrected chi connectivity index (χ2v) is 7.33. The van der Waals surface area contributed by atoms with Crippen LogP contribution >= 0.6 is 27.3 Å². The molecule has 0 atom stereocenters. The number of ether oxygens (including phenoxy) is 3. The molecule has 0 spiro atoms. The van der Waals surface area contributed by atoms with Crippen LogP contribution in [0, 0.1) is 0 Å². The Morgan fingerprint density at radius 2 is 1.67 bits per heavy atom. The van der Waals surface area contributed by atoms with Gasteiger partial charge in [0.05, 0.1) is 27.0 Å². The van der Waals surface area contributed by atoms with E-state index in [0.29, 0.717) is 23.8 Å². The van der Waals surface area contributed by atoms with Gasteiger partial charge < -0.3 is 14.2 Å². The van der Waals surface area contributed by atoms with E-state index in [1.54, 1.807) is 21.3 Å². The van der Waals surface area contributed by atoms with Gasteiger partial charge in [-0.25, -0.2) is 10.4 Å². The fourth-order valence-electron chi connectivity index (χ4n) is 2.54. The van der Waals surface area contributed by atoms with Gasteiger partial charge >= 0.3 is 0 Å². The monoisotopic (exact) mass is 449 g/mol. The first-order valence-corrected chi connectivity index (χ1v) is 9.81. The molecule has 2 N–H and O–H groups in total. The average Bonchev–Trinajstić information content (AvgIpc) is 3.16. The van der Waals surface area contributed by atoms with Gasteiger partial charge in [-0.05, 0) is 29.8 Å². The third-order valence-corrected chi connectivity index (χ3v) is 5.14. The first-order chi connectivity index (χ1) is 13.1. The Bertz CT molecular complexity index is 874. The molecule has 0 radical (unpaired) electrons. The molecule has 3 aromatic rings. The highest BCUT2D eigenvalue weighted by molar-refractivity contribution is 9.10. The zero-order chi connectivity index (χ0) is 19.2. The van der Waals surface area contributed by atoms with Crippen molar-refractivity contribution in [2.75, 3.05) is 26.8 Å². The van der Waals surface area contributed by atoms with Crippen LogP contribution in [-0.4, -0.2) is 26.3 Å². The van der Waals surface area contributed by atoms with Gasteiger partial charge in [0.2, 0.25) is 5.75 Å². The highest BCUT2D eigenvalue weighted by Crippen LogP contribution is 2.38. The Kier molecular flexibility index (Phi) is 6.54. The Labute approximate surface area is 170 Å². The van der Waals surface area contributed by atoms with E-state index in [0.717, 1.165) is 26.4 Å². The molecule has 0 saturated carbocycles. The zero-order valence-electron chi connectivity index (χ0n) is 15.2. The molecule has 0 aliphatic heterocycles. The van der Waals surface area contributed by atoms with E-state index >= 15 is 0 Å². The van der Waals surface area contributed by atoms with Gasteiger partial charge in [0.25, 0.3) is 0 Å². The van der Waals surface area contributed by atoms with Crippen molar-refractivity contribution in [3.05, 3.63) is 51.8 Å². The number of hydrogen-bond donors (Lipinski definition) is 2. The molecule has 1 heterocycles. The molecule has 0 aliphatic rings. The van der Waals surface area contributed by atoms with Gasteiger partial charge in [-0.2, -0.15) is 0 Å². The molecule has 0 saturated heterocycles. The lowest BCUT2D eigenvalue weighted by atomic mass is 10.2. The summed E-state index contributed by atoms with van der Waals surface area (Å²) < 4.78 is 17.1. The fraction of sp³-hybridized carbons (Fsp3) is 0.211. The summed E-state index contributed by atoms with van der Waals surface area (Å²) in [6.45, 7) is 0.559. The van der Waals surface area contributed by atoms with E-state index in [1.165, 1.54) is 11.3 Å². The highest BCUT2D eigenvalue weighted by atomic mass is 79.9. The fourth-order valence-corrected chi connectivity index (χ4v) is 3.50. The number of methoxy groups -OCH3 is 3. The van der Waals surface area contributed by atoms with E-state index in [9.17, 15) is 0 Å². The Hall–Kier alpha value is -2.29. The lowest BCUT2D eigenvalue weighted by molar-refractivity contribution is 0.323. The summed E-state index contributed by atoms with van der Waals surface area (Å²) in [6.07, 6.45) is 0. The summed E-state index contributed by atoms with van der Waals surface area (Å²) in [6, 6.07) is 11.9. The van der Waals surface area contributed by atoms with Crippen LogP contribution in [0.4, 0.5) is 5.13 Å². The Balaban J connectivity index is 1.64. The quantitative estimate of drug-likeness (QED) is 0.485. The normalized spacial score (nSPS) is 10.5. The molecule has 142 valence electrons. The first kappa shape index (κ1) is 19.5. The van der Waals surface area contributed by atoms with Crippen LogP contribution in [0.15, 0.2) is 46.3 Å². The van der Waals surface area contributed by atoms with Gasteiger partial charge in [-0.1, -0.05) is 28.1 Å². The molecule has 6 nitrogen and oxygen atoms in total. The van der Waals surface area contributed by atoms with E-state index < -0.39 is 0 Å². The summed E-state index contributed by atoms with van der Waals surface area (Å²) in [5, 5.41) is 2.81. The van der Waals surface area contributed by atoms with Crippen LogP contribution in [0.3, 0.4) is 0 Å². The van der Waals surface area contributed by atoms with E-state index in [4.69, 9.17) is 14.2 Å². The smallest absolute Gasteiger partial charge is 0.203 e. The van der Waals surface area contributed by atoms with Crippen molar-refractivity contribution < 1.29 is 14.2 Å². The zero-order valence-corrected chi connectivity index (χ0v) is 17.6. The minimum Gasteiger partial charge on any atom is -0.493 e. The predicted octanol–water partition coefficient (Wildman–Crippen LogP) is 4.72. The SMILES string of the molecule is COc1cc(CNNc2nc(-c3ccc(Br)cc3)cs2)cc(OC)c1OC. The van der Waals surface area contributed by atoms with Crippen molar-refractivity contribution in [3.63, 3.8) is 0 Å². The summed E-state index contributed by atoms with van der Waals surface area (Å²) >= 11 is 4.98. The Morgan fingerprint density at radius 3 is 2.26 bits per heavy atom. The molecule has 3 rings (SSSR count). The van der Waals surface area contributed by atoms with Crippen molar-refractivity contribution in [1.82, 2.24) is 10.4 Å². The lowest BCUT2D eigenvalue weighted by Gasteiger charge is -2.14. The molecular formula is C19H20BrN3O3S. The Morgan fingerprint density at radius 1 is 1.00 bits per heavy atom. The maximum Gasteiger partial charge on any atom is 0.203 e. The summed E-state index contributed by atoms with van der Waals surface area (Å²) in [7, 11) is 4.79. The second-order valence-electron chi connectivity index (χ2n) is 5.56. The number of halogens is 1. The number of nitrogens with zero attached hydrogens (tertiary/aromatic N) is 1. The highest BCUT2D eigenvalue weighted by Gasteiger charge is 2.13. The van der Waals surface area contributed by atoms with Crippen molar-refractivity contribution in [3.8, 4) is 28.5 Å². The summed E-state index contributed by atoms with van der Waals surface area (Å²) in [5.74, 6) is 1.83. The van der Waals surface area contributed by atoms with Crippen LogP contribution in [-0.2, 0) is 6.54 Å².